The summed E-state index contributed by atoms with van der Waals surface area (Å²) >= 11 is 5.67. The molecule has 0 atom stereocenters. The Hall–Kier alpha value is -2.27. The number of ether oxygens (including phenoxy) is 1. The molecule has 0 bridgehead atoms. The molecule has 2 rings (SSSR count). The van der Waals surface area contributed by atoms with Crippen molar-refractivity contribution in [3.05, 3.63) is 51.8 Å². The van der Waals surface area contributed by atoms with Gasteiger partial charge in [-0.1, -0.05) is 23.7 Å². The number of benzene rings is 1. The summed E-state index contributed by atoms with van der Waals surface area (Å²) in [5.41, 5.74) is -0.369. The number of hydrogen-bond donors (Lipinski definition) is 1. The molecule has 5 nitrogen and oxygen atoms in total. The number of aryl methyl sites for hydroxylation is 1. The predicted octanol–water partition coefficient (Wildman–Crippen LogP) is 4.76. The van der Waals surface area contributed by atoms with Crippen LogP contribution in [0.1, 0.15) is 33.7 Å². The van der Waals surface area contributed by atoms with E-state index in [9.17, 15) is 31.1 Å². The molecule has 12 heteroatoms. The lowest BCUT2D eigenvalue weighted by Gasteiger charge is -2.09. The maximum absolute atomic E-state index is 12.8. The highest BCUT2D eigenvalue weighted by Gasteiger charge is 2.38. The summed E-state index contributed by atoms with van der Waals surface area (Å²) in [5.74, 6) is -0.473. The van der Waals surface area contributed by atoms with Gasteiger partial charge in [0.05, 0.1) is 17.3 Å². The Labute approximate surface area is 173 Å². The average molecular weight is 458 g/mol. The minimum absolute atomic E-state index is 0.104. The number of amides is 1. The third kappa shape index (κ3) is 6.91. The van der Waals surface area contributed by atoms with Crippen LogP contribution in [0.25, 0.3) is 0 Å². The monoisotopic (exact) mass is 457 g/mol. The normalized spacial score (nSPS) is 12.3. The summed E-state index contributed by atoms with van der Waals surface area (Å²) in [7, 11) is 0. The van der Waals surface area contributed by atoms with Crippen LogP contribution < -0.4 is 5.32 Å². The van der Waals surface area contributed by atoms with Gasteiger partial charge in [0.2, 0.25) is 0 Å². The molecule has 0 fully saturated rings. The Bertz CT molecular complexity index is 880. The van der Waals surface area contributed by atoms with E-state index in [1.807, 2.05) is 0 Å². The number of halogens is 7. The van der Waals surface area contributed by atoms with Gasteiger partial charge in [-0.2, -0.15) is 31.4 Å². The molecule has 0 aliphatic rings. The Morgan fingerprint density at radius 2 is 1.93 bits per heavy atom. The van der Waals surface area contributed by atoms with Crippen molar-refractivity contribution in [2.45, 2.75) is 38.8 Å². The van der Waals surface area contributed by atoms with Crippen molar-refractivity contribution in [2.24, 2.45) is 0 Å². The summed E-state index contributed by atoms with van der Waals surface area (Å²) in [4.78, 5) is 12.2. The number of carbonyl (C=O) groups excluding carboxylic acids is 1. The highest BCUT2D eigenvalue weighted by Crippen LogP contribution is 2.35. The minimum Gasteiger partial charge on any atom is -0.367 e. The van der Waals surface area contributed by atoms with Crippen LogP contribution in [0.15, 0.2) is 24.3 Å². The van der Waals surface area contributed by atoms with Gasteiger partial charge in [0, 0.05) is 18.7 Å². The van der Waals surface area contributed by atoms with Crippen molar-refractivity contribution in [2.75, 3.05) is 13.2 Å². The van der Waals surface area contributed by atoms with E-state index in [1.165, 1.54) is 31.2 Å². The van der Waals surface area contributed by atoms with Crippen LogP contribution in [-0.4, -0.2) is 35.0 Å². The van der Waals surface area contributed by atoms with Gasteiger partial charge >= 0.3 is 12.4 Å². The van der Waals surface area contributed by atoms with E-state index in [-0.39, 0.29) is 37.4 Å². The molecule has 0 saturated carbocycles. The fourth-order valence-electron chi connectivity index (χ4n) is 2.54. The molecule has 1 N–H and O–H groups in total. The molecule has 1 aromatic carbocycles. The number of hydrogen-bond acceptors (Lipinski definition) is 3. The molecule has 0 radical (unpaired) electrons. The Kier molecular flexibility index (Phi) is 7.75. The zero-order chi connectivity index (χ0) is 22.5. The van der Waals surface area contributed by atoms with Gasteiger partial charge in [0.15, 0.2) is 5.69 Å². The number of nitrogens with one attached hydrogen (secondary N) is 1. The van der Waals surface area contributed by atoms with Crippen LogP contribution in [0.5, 0.6) is 0 Å². The smallest absolute Gasteiger partial charge is 0.367 e. The topological polar surface area (TPSA) is 56.2 Å². The Morgan fingerprint density at radius 3 is 2.53 bits per heavy atom. The molecule has 166 valence electrons. The van der Waals surface area contributed by atoms with Gasteiger partial charge in [-0.3, -0.25) is 9.48 Å². The van der Waals surface area contributed by atoms with Gasteiger partial charge in [-0.25, -0.2) is 0 Å². The molecular formula is C18H18ClF6N3O2. The zero-order valence-electron chi connectivity index (χ0n) is 15.7. The van der Waals surface area contributed by atoms with Crippen molar-refractivity contribution in [3.8, 4) is 0 Å². The largest absolute Gasteiger partial charge is 0.436 e. The fraction of sp³-hybridized carbons (Fsp3) is 0.444. The summed E-state index contributed by atoms with van der Waals surface area (Å²) in [5, 5.41) is 5.60. The molecule has 1 heterocycles. The highest BCUT2D eigenvalue weighted by molar-refractivity contribution is 6.31. The van der Waals surface area contributed by atoms with E-state index in [1.54, 1.807) is 0 Å². The molecule has 0 aliphatic carbocycles. The maximum atomic E-state index is 12.8. The Balaban J connectivity index is 1.85. The molecule has 1 aromatic heterocycles. The lowest BCUT2D eigenvalue weighted by molar-refractivity contribution is -0.176. The quantitative estimate of drug-likeness (QED) is 0.459. The van der Waals surface area contributed by atoms with Crippen molar-refractivity contribution in [1.29, 1.82) is 0 Å². The van der Waals surface area contributed by atoms with Gasteiger partial charge in [0.1, 0.15) is 6.61 Å². The summed E-state index contributed by atoms with van der Waals surface area (Å²) in [6, 6.07) is 5.92. The van der Waals surface area contributed by atoms with E-state index in [0.717, 1.165) is 4.68 Å². The molecule has 2 aromatic rings. The van der Waals surface area contributed by atoms with Crippen molar-refractivity contribution in [1.82, 2.24) is 15.1 Å². The van der Waals surface area contributed by atoms with Gasteiger partial charge < -0.3 is 10.1 Å². The van der Waals surface area contributed by atoms with Crippen molar-refractivity contribution >= 4 is 17.5 Å². The lowest BCUT2D eigenvalue weighted by atomic mass is 10.1. The second kappa shape index (κ2) is 9.69. The SMILES string of the molecule is Cc1c(Cl)c(C(F)(F)F)nn1CCCNC(=O)c1cccc(COCC(F)(F)F)c1. The van der Waals surface area contributed by atoms with Crippen LogP contribution >= 0.6 is 11.6 Å². The second-order valence-corrected chi connectivity index (χ2v) is 6.76. The minimum atomic E-state index is -4.66. The van der Waals surface area contributed by atoms with E-state index >= 15 is 0 Å². The lowest BCUT2D eigenvalue weighted by Crippen LogP contribution is -2.25. The van der Waals surface area contributed by atoms with E-state index < -0.39 is 35.6 Å². The van der Waals surface area contributed by atoms with Crippen LogP contribution in [0.3, 0.4) is 0 Å². The van der Waals surface area contributed by atoms with Crippen LogP contribution in [0.4, 0.5) is 26.3 Å². The van der Waals surface area contributed by atoms with E-state index in [4.69, 9.17) is 11.6 Å². The highest BCUT2D eigenvalue weighted by atomic mass is 35.5. The average Bonchev–Trinajstić information content (AvgIpc) is 2.93. The maximum Gasteiger partial charge on any atom is 0.436 e. The number of alkyl halides is 6. The number of rotatable bonds is 8. The molecule has 0 spiro atoms. The predicted molar refractivity (Wildman–Crippen MR) is 96.1 cm³/mol. The molecule has 0 aliphatic heterocycles. The third-order valence-corrected chi connectivity index (χ3v) is 4.41. The molecule has 30 heavy (non-hydrogen) atoms. The van der Waals surface area contributed by atoms with Crippen LogP contribution in [0, 0.1) is 6.92 Å². The van der Waals surface area contributed by atoms with Crippen molar-refractivity contribution in [3.63, 3.8) is 0 Å². The van der Waals surface area contributed by atoms with Gasteiger partial charge in [0.25, 0.3) is 5.91 Å². The van der Waals surface area contributed by atoms with Crippen LogP contribution in [-0.2, 0) is 24.1 Å². The first-order valence-corrected chi connectivity index (χ1v) is 9.08. The first-order chi connectivity index (χ1) is 13.9. The fourth-order valence-corrected chi connectivity index (χ4v) is 2.79. The first-order valence-electron chi connectivity index (χ1n) is 8.70. The molecule has 0 unspecified atom stereocenters. The molecule has 1 amide bonds. The van der Waals surface area contributed by atoms with Gasteiger partial charge in [-0.15, -0.1) is 0 Å². The van der Waals surface area contributed by atoms with Crippen molar-refractivity contribution < 1.29 is 35.9 Å². The zero-order valence-corrected chi connectivity index (χ0v) is 16.5. The number of nitrogens with zero attached hydrogens (tertiary/aromatic N) is 2. The number of aromatic nitrogens is 2. The Morgan fingerprint density at radius 1 is 1.23 bits per heavy atom. The number of carbonyl (C=O) groups is 1. The second-order valence-electron chi connectivity index (χ2n) is 6.39. The van der Waals surface area contributed by atoms with E-state index in [2.05, 4.69) is 15.2 Å². The summed E-state index contributed by atoms with van der Waals surface area (Å²) in [6.45, 7) is -0.0352. The molecule has 0 saturated heterocycles. The molecular weight excluding hydrogens is 440 g/mol. The summed E-state index contributed by atoms with van der Waals surface area (Å²) < 4.78 is 80.4. The third-order valence-electron chi connectivity index (χ3n) is 3.96. The van der Waals surface area contributed by atoms with Crippen LogP contribution in [0.2, 0.25) is 5.02 Å². The van der Waals surface area contributed by atoms with Gasteiger partial charge in [-0.05, 0) is 31.0 Å². The van der Waals surface area contributed by atoms with E-state index in [0.29, 0.717) is 5.56 Å². The first kappa shape index (κ1) is 24.0. The summed E-state index contributed by atoms with van der Waals surface area (Å²) in [6.07, 6.45) is -8.81. The standard InChI is InChI=1S/C18H18ClF6N3O2/c1-11-14(19)15(18(23,24)25)27-28(11)7-3-6-26-16(29)13-5-2-4-12(8-13)9-30-10-17(20,21)22/h2,4-5,8H,3,6-7,9-10H2,1H3,(H,26,29).